The summed E-state index contributed by atoms with van der Waals surface area (Å²) < 4.78 is 15.6. The maximum absolute atomic E-state index is 11.5. The van der Waals surface area contributed by atoms with Gasteiger partial charge in [0.05, 0.1) is 31.6 Å². The first-order chi connectivity index (χ1) is 8.72. The molecule has 1 heterocycles. The SMILES string of the molecule is COC(=O)c1cccc(OCC2CCOC2)c1N. The number of anilines is 1. The van der Waals surface area contributed by atoms with Crippen LogP contribution in [0.4, 0.5) is 5.69 Å². The van der Waals surface area contributed by atoms with E-state index in [1.54, 1.807) is 18.2 Å². The van der Waals surface area contributed by atoms with Crippen LogP contribution in [0.2, 0.25) is 0 Å². The molecule has 1 unspecified atom stereocenters. The van der Waals surface area contributed by atoms with E-state index in [0.717, 1.165) is 19.6 Å². The van der Waals surface area contributed by atoms with Crippen LogP contribution in [0.15, 0.2) is 18.2 Å². The summed E-state index contributed by atoms with van der Waals surface area (Å²) in [5.74, 6) is 0.457. The van der Waals surface area contributed by atoms with E-state index in [9.17, 15) is 4.79 Å². The van der Waals surface area contributed by atoms with E-state index in [4.69, 9.17) is 15.2 Å². The van der Waals surface area contributed by atoms with E-state index in [0.29, 0.717) is 29.5 Å². The number of nitrogen functional groups attached to an aromatic ring is 1. The van der Waals surface area contributed by atoms with Crippen molar-refractivity contribution in [3.63, 3.8) is 0 Å². The molecule has 2 rings (SSSR count). The van der Waals surface area contributed by atoms with E-state index in [1.807, 2.05) is 0 Å². The number of nitrogens with two attached hydrogens (primary N) is 1. The number of hydrogen-bond acceptors (Lipinski definition) is 5. The average molecular weight is 251 g/mol. The maximum Gasteiger partial charge on any atom is 0.340 e. The van der Waals surface area contributed by atoms with E-state index in [-0.39, 0.29) is 0 Å². The van der Waals surface area contributed by atoms with Crippen molar-refractivity contribution in [2.45, 2.75) is 6.42 Å². The number of rotatable bonds is 4. The lowest BCUT2D eigenvalue weighted by Crippen LogP contribution is -2.13. The molecule has 98 valence electrons. The average Bonchev–Trinajstić information content (AvgIpc) is 2.90. The Balaban J connectivity index is 2.05. The molecule has 0 aliphatic carbocycles. The largest absolute Gasteiger partial charge is 0.491 e. The number of carbonyl (C=O) groups excluding carboxylic acids is 1. The molecule has 18 heavy (non-hydrogen) atoms. The zero-order valence-electron chi connectivity index (χ0n) is 10.3. The standard InChI is InChI=1S/C13H17NO4/c1-16-13(15)10-3-2-4-11(12(10)14)18-8-9-5-6-17-7-9/h2-4,9H,5-8,14H2,1H3. The molecule has 0 bridgehead atoms. The number of methoxy groups -OCH3 is 1. The minimum Gasteiger partial charge on any atom is -0.491 e. The van der Waals surface area contributed by atoms with Gasteiger partial charge in [-0.15, -0.1) is 0 Å². The number of esters is 1. The quantitative estimate of drug-likeness (QED) is 0.648. The van der Waals surface area contributed by atoms with Crippen LogP contribution in [0.3, 0.4) is 0 Å². The molecule has 2 N–H and O–H groups in total. The summed E-state index contributed by atoms with van der Waals surface area (Å²) in [6.07, 6.45) is 0.997. The fourth-order valence-electron chi connectivity index (χ4n) is 1.88. The van der Waals surface area contributed by atoms with Gasteiger partial charge in [-0.1, -0.05) is 6.07 Å². The molecule has 5 heteroatoms. The molecular formula is C13H17NO4. The van der Waals surface area contributed by atoms with Crippen molar-refractivity contribution in [1.29, 1.82) is 0 Å². The Labute approximate surface area is 106 Å². The fraction of sp³-hybridized carbons (Fsp3) is 0.462. The smallest absolute Gasteiger partial charge is 0.340 e. The molecule has 1 saturated heterocycles. The lowest BCUT2D eigenvalue weighted by atomic mass is 10.1. The minimum absolute atomic E-state index is 0.322. The normalized spacial score (nSPS) is 18.6. The number of benzene rings is 1. The molecule has 5 nitrogen and oxygen atoms in total. The Kier molecular flexibility index (Phi) is 4.04. The molecule has 1 aromatic carbocycles. The van der Waals surface area contributed by atoms with Crippen molar-refractivity contribution in [1.82, 2.24) is 0 Å². The maximum atomic E-state index is 11.5. The first-order valence-electron chi connectivity index (χ1n) is 5.89. The third-order valence-electron chi connectivity index (χ3n) is 2.97. The second-order valence-electron chi connectivity index (χ2n) is 4.25. The Bertz CT molecular complexity index is 427. The van der Waals surface area contributed by atoms with E-state index in [2.05, 4.69) is 4.74 Å². The zero-order chi connectivity index (χ0) is 13.0. The van der Waals surface area contributed by atoms with Crippen molar-refractivity contribution in [2.75, 3.05) is 32.7 Å². The monoisotopic (exact) mass is 251 g/mol. The van der Waals surface area contributed by atoms with Crippen LogP contribution in [0.25, 0.3) is 0 Å². The number of para-hydroxylation sites is 1. The van der Waals surface area contributed by atoms with Crippen LogP contribution in [-0.2, 0) is 9.47 Å². The highest BCUT2D eigenvalue weighted by Crippen LogP contribution is 2.26. The van der Waals surface area contributed by atoms with E-state index in [1.165, 1.54) is 7.11 Å². The number of hydrogen-bond donors (Lipinski definition) is 1. The topological polar surface area (TPSA) is 70.8 Å². The second-order valence-corrected chi connectivity index (χ2v) is 4.25. The summed E-state index contributed by atoms with van der Waals surface area (Å²) >= 11 is 0. The summed E-state index contributed by atoms with van der Waals surface area (Å²) in [6, 6.07) is 5.09. The summed E-state index contributed by atoms with van der Waals surface area (Å²) in [4.78, 5) is 11.5. The predicted molar refractivity (Wildman–Crippen MR) is 66.6 cm³/mol. The Morgan fingerprint density at radius 1 is 1.56 bits per heavy atom. The molecule has 1 aliphatic rings. The summed E-state index contributed by atoms with van der Waals surface area (Å²) in [5, 5.41) is 0. The van der Waals surface area contributed by atoms with Crippen LogP contribution in [0.1, 0.15) is 16.8 Å². The van der Waals surface area contributed by atoms with Gasteiger partial charge in [-0.25, -0.2) is 4.79 Å². The Morgan fingerprint density at radius 2 is 2.39 bits per heavy atom. The highest BCUT2D eigenvalue weighted by molar-refractivity contribution is 5.96. The first-order valence-corrected chi connectivity index (χ1v) is 5.89. The molecule has 1 aliphatic heterocycles. The summed E-state index contributed by atoms with van der Waals surface area (Å²) in [5.41, 5.74) is 6.54. The van der Waals surface area contributed by atoms with Gasteiger partial charge in [0, 0.05) is 12.5 Å². The summed E-state index contributed by atoms with van der Waals surface area (Å²) in [7, 11) is 1.32. The van der Waals surface area contributed by atoms with Crippen LogP contribution >= 0.6 is 0 Å². The third kappa shape index (κ3) is 2.73. The molecule has 1 aromatic rings. The lowest BCUT2D eigenvalue weighted by molar-refractivity contribution is 0.0601. The van der Waals surface area contributed by atoms with Crippen LogP contribution in [0.5, 0.6) is 5.75 Å². The zero-order valence-corrected chi connectivity index (χ0v) is 10.3. The molecular weight excluding hydrogens is 234 g/mol. The highest BCUT2D eigenvalue weighted by Gasteiger charge is 2.18. The van der Waals surface area contributed by atoms with Gasteiger partial charge in [-0.2, -0.15) is 0 Å². The lowest BCUT2D eigenvalue weighted by Gasteiger charge is -2.13. The van der Waals surface area contributed by atoms with Gasteiger partial charge in [-0.3, -0.25) is 0 Å². The van der Waals surface area contributed by atoms with Crippen LogP contribution < -0.4 is 10.5 Å². The Hall–Kier alpha value is -1.75. The van der Waals surface area contributed by atoms with Crippen LogP contribution in [-0.4, -0.2) is 32.9 Å². The van der Waals surface area contributed by atoms with Crippen molar-refractivity contribution in [2.24, 2.45) is 5.92 Å². The number of ether oxygens (including phenoxy) is 3. The third-order valence-corrected chi connectivity index (χ3v) is 2.97. The van der Waals surface area contributed by atoms with E-state index < -0.39 is 5.97 Å². The molecule has 0 saturated carbocycles. The fourth-order valence-corrected chi connectivity index (χ4v) is 1.88. The second kappa shape index (κ2) is 5.73. The molecule has 1 atom stereocenters. The van der Waals surface area contributed by atoms with Gasteiger partial charge in [0.25, 0.3) is 0 Å². The van der Waals surface area contributed by atoms with Crippen molar-refractivity contribution < 1.29 is 19.0 Å². The van der Waals surface area contributed by atoms with Gasteiger partial charge in [0.2, 0.25) is 0 Å². The highest BCUT2D eigenvalue weighted by atomic mass is 16.5. The van der Waals surface area contributed by atoms with Gasteiger partial charge < -0.3 is 19.9 Å². The van der Waals surface area contributed by atoms with Crippen molar-refractivity contribution >= 4 is 11.7 Å². The summed E-state index contributed by atoms with van der Waals surface area (Å²) in [6.45, 7) is 2.05. The van der Waals surface area contributed by atoms with Crippen molar-refractivity contribution in [3.8, 4) is 5.75 Å². The van der Waals surface area contributed by atoms with Gasteiger partial charge in [0.15, 0.2) is 0 Å². The van der Waals surface area contributed by atoms with Gasteiger partial charge in [0.1, 0.15) is 5.75 Å². The predicted octanol–water partition coefficient (Wildman–Crippen LogP) is 1.47. The number of carbonyl (C=O) groups is 1. The molecule has 0 radical (unpaired) electrons. The van der Waals surface area contributed by atoms with E-state index >= 15 is 0 Å². The molecule has 0 amide bonds. The Morgan fingerprint density at radius 3 is 3.06 bits per heavy atom. The molecule has 0 spiro atoms. The first kappa shape index (κ1) is 12.7. The molecule has 1 fully saturated rings. The van der Waals surface area contributed by atoms with Gasteiger partial charge >= 0.3 is 5.97 Å². The minimum atomic E-state index is -0.456. The van der Waals surface area contributed by atoms with Gasteiger partial charge in [-0.05, 0) is 18.6 Å². The molecule has 0 aromatic heterocycles. The van der Waals surface area contributed by atoms with Crippen molar-refractivity contribution in [3.05, 3.63) is 23.8 Å². The van der Waals surface area contributed by atoms with Crippen LogP contribution in [0, 0.1) is 5.92 Å².